The highest BCUT2D eigenvalue weighted by molar-refractivity contribution is 5.95. The van der Waals surface area contributed by atoms with Crippen LogP contribution in [0.1, 0.15) is 21.5 Å². The second kappa shape index (κ2) is 9.71. The van der Waals surface area contributed by atoms with Gasteiger partial charge < -0.3 is 14.1 Å². The minimum atomic E-state index is -0.0459. The van der Waals surface area contributed by atoms with Gasteiger partial charge in [-0.15, -0.1) is 0 Å². The lowest BCUT2D eigenvalue weighted by atomic mass is 9.99. The van der Waals surface area contributed by atoms with Crippen molar-refractivity contribution in [1.82, 2.24) is 14.8 Å². The van der Waals surface area contributed by atoms with Crippen molar-refractivity contribution in [2.24, 2.45) is 0 Å². The quantitative estimate of drug-likeness (QED) is 0.429. The average molecular weight is 467 g/mol. The van der Waals surface area contributed by atoms with Gasteiger partial charge in [0, 0.05) is 62.7 Å². The number of furan rings is 1. The van der Waals surface area contributed by atoms with Crippen LogP contribution in [0.4, 0.5) is 0 Å². The zero-order valence-electron chi connectivity index (χ0n) is 19.8. The number of carbonyl (C=O) groups excluding carboxylic acids is 1. The molecule has 1 aliphatic rings. The van der Waals surface area contributed by atoms with Gasteiger partial charge in [0.15, 0.2) is 5.58 Å². The molecule has 0 aliphatic carbocycles. The molecule has 35 heavy (non-hydrogen) atoms. The molecule has 7 heteroatoms. The highest BCUT2D eigenvalue weighted by Crippen LogP contribution is 2.34. The fraction of sp³-hybridized carbons (Fsp3) is 0.250. The highest BCUT2D eigenvalue weighted by atomic mass is 16.5. The van der Waals surface area contributed by atoms with Crippen molar-refractivity contribution in [2.45, 2.75) is 6.54 Å². The molecule has 2 aromatic heterocycles. The molecule has 1 fully saturated rings. The number of benzene rings is 2. The molecule has 3 heterocycles. The summed E-state index contributed by atoms with van der Waals surface area (Å²) >= 11 is 0. The van der Waals surface area contributed by atoms with Gasteiger partial charge in [-0.05, 0) is 35.4 Å². The fourth-order valence-corrected chi connectivity index (χ4v) is 4.33. The minimum Gasteiger partial charge on any atom is -0.454 e. The summed E-state index contributed by atoms with van der Waals surface area (Å²) in [7, 11) is 3.46. The average Bonchev–Trinajstić information content (AvgIpc) is 3.34. The van der Waals surface area contributed by atoms with Crippen LogP contribution in [-0.4, -0.2) is 61.1 Å². The maximum absolute atomic E-state index is 12.2. The number of nitrogens with zero attached hydrogens (tertiary/aromatic N) is 4. The molecule has 5 rings (SSSR count). The predicted octanol–water partition coefficient (Wildman–Crippen LogP) is 4.57. The molecule has 7 nitrogen and oxygen atoms in total. The van der Waals surface area contributed by atoms with Gasteiger partial charge in [0.1, 0.15) is 11.3 Å². The van der Waals surface area contributed by atoms with Crippen LogP contribution < -0.4 is 0 Å². The molecule has 0 atom stereocenters. The van der Waals surface area contributed by atoms with E-state index >= 15 is 0 Å². The summed E-state index contributed by atoms with van der Waals surface area (Å²) in [6.07, 6.45) is 1.75. The summed E-state index contributed by atoms with van der Waals surface area (Å²) in [5.74, 6) is 0.628. The molecule has 1 saturated heterocycles. The Labute approximate surface area is 204 Å². The maximum atomic E-state index is 12.2. The van der Waals surface area contributed by atoms with Crippen molar-refractivity contribution in [3.8, 4) is 28.5 Å². The first-order valence-electron chi connectivity index (χ1n) is 11.6. The molecule has 0 N–H and O–H groups in total. The Hall–Kier alpha value is -3.99. The van der Waals surface area contributed by atoms with Gasteiger partial charge in [-0.25, -0.2) is 0 Å². The lowest BCUT2D eigenvalue weighted by molar-refractivity contribution is 0.0341. The third-order valence-corrected chi connectivity index (χ3v) is 6.27. The van der Waals surface area contributed by atoms with Crippen molar-refractivity contribution in [2.75, 3.05) is 40.4 Å². The van der Waals surface area contributed by atoms with Crippen molar-refractivity contribution in [1.29, 1.82) is 5.26 Å². The molecule has 2 aromatic carbocycles. The van der Waals surface area contributed by atoms with E-state index in [9.17, 15) is 10.1 Å². The Morgan fingerprint density at radius 1 is 1.06 bits per heavy atom. The number of carbonyl (C=O) groups is 1. The summed E-state index contributed by atoms with van der Waals surface area (Å²) < 4.78 is 11.7. The predicted molar refractivity (Wildman–Crippen MR) is 134 cm³/mol. The first-order valence-corrected chi connectivity index (χ1v) is 11.6. The number of fused-ring (bicyclic) bond motifs is 1. The number of morpholine rings is 1. The number of hydrogen-bond donors (Lipinski definition) is 0. The molecule has 1 amide bonds. The smallest absolute Gasteiger partial charge is 0.253 e. The van der Waals surface area contributed by atoms with Crippen molar-refractivity contribution in [3.63, 3.8) is 0 Å². The van der Waals surface area contributed by atoms with E-state index in [0.29, 0.717) is 22.5 Å². The van der Waals surface area contributed by atoms with Crippen LogP contribution in [0.3, 0.4) is 0 Å². The third-order valence-electron chi connectivity index (χ3n) is 6.27. The Balaban J connectivity index is 1.46. The summed E-state index contributed by atoms with van der Waals surface area (Å²) in [5.41, 5.74) is 6.35. The Kier molecular flexibility index (Phi) is 6.32. The van der Waals surface area contributed by atoms with Gasteiger partial charge in [-0.3, -0.25) is 14.7 Å². The standard InChI is InChI=1S/C28H26N4O3/c1-31(2)28(33)20-5-3-19(4-6-20)26-16-25-27(35-26)24(9-10-30-25)21-7-8-22(23(15-21)17-29)18-32-11-13-34-14-12-32/h3-10,15-16H,11-14,18H2,1-2H3. The van der Waals surface area contributed by atoms with Gasteiger partial charge in [-0.2, -0.15) is 5.26 Å². The number of pyridine rings is 1. The number of hydrogen-bond acceptors (Lipinski definition) is 6. The monoisotopic (exact) mass is 466 g/mol. The topological polar surface area (TPSA) is 82.6 Å². The second-order valence-electron chi connectivity index (χ2n) is 8.83. The van der Waals surface area contributed by atoms with E-state index in [1.807, 2.05) is 42.5 Å². The first kappa shape index (κ1) is 22.8. The molecule has 4 aromatic rings. The van der Waals surface area contributed by atoms with Crippen molar-refractivity contribution < 1.29 is 13.9 Å². The normalized spacial score (nSPS) is 14.1. The fourth-order valence-electron chi connectivity index (χ4n) is 4.33. The first-order chi connectivity index (χ1) is 17.0. The van der Waals surface area contributed by atoms with E-state index in [2.05, 4.69) is 16.0 Å². The lowest BCUT2D eigenvalue weighted by Crippen LogP contribution is -2.35. The van der Waals surface area contributed by atoms with Crippen LogP contribution in [0.25, 0.3) is 33.6 Å². The molecule has 0 saturated carbocycles. The number of ether oxygens (including phenoxy) is 1. The Morgan fingerprint density at radius 2 is 1.80 bits per heavy atom. The highest BCUT2D eigenvalue weighted by Gasteiger charge is 2.17. The van der Waals surface area contributed by atoms with E-state index < -0.39 is 0 Å². The summed E-state index contributed by atoms with van der Waals surface area (Å²) in [6, 6.07) is 19.5. The Morgan fingerprint density at radius 3 is 2.51 bits per heavy atom. The Bertz CT molecular complexity index is 1410. The van der Waals surface area contributed by atoms with Crippen molar-refractivity contribution >= 4 is 17.0 Å². The van der Waals surface area contributed by atoms with Gasteiger partial charge >= 0.3 is 0 Å². The molecule has 1 aliphatic heterocycles. The molecular weight excluding hydrogens is 440 g/mol. The molecule has 0 radical (unpaired) electrons. The van der Waals surface area contributed by atoms with E-state index in [4.69, 9.17) is 9.15 Å². The largest absolute Gasteiger partial charge is 0.454 e. The number of nitriles is 1. The van der Waals surface area contributed by atoms with Crippen molar-refractivity contribution in [3.05, 3.63) is 77.5 Å². The summed E-state index contributed by atoms with van der Waals surface area (Å²) in [4.78, 5) is 20.5. The molecule has 176 valence electrons. The molecule has 0 bridgehead atoms. The number of rotatable bonds is 5. The van der Waals surface area contributed by atoms with Crippen LogP contribution in [0, 0.1) is 11.3 Å². The van der Waals surface area contributed by atoms with E-state index in [1.165, 1.54) is 0 Å². The molecule has 0 unspecified atom stereocenters. The van der Waals surface area contributed by atoms with Gasteiger partial charge in [-0.1, -0.05) is 24.3 Å². The van der Waals surface area contributed by atoms with E-state index in [1.54, 1.807) is 37.3 Å². The van der Waals surface area contributed by atoms with E-state index in [-0.39, 0.29) is 5.91 Å². The molecular formula is C28H26N4O3. The van der Waals surface area contributed by atoms with Gasteiger partial charge in [0.05, 0.1) is 24.8 Å². The number of aromatic nitrogens is 1. The van der Waals surface area contributed by atoms with Crippen LogP contribution in [0.2, 0.25) is 0 Å². The SMILES string of the molecule is CN(C)C(=O)c1ccc(-c2cc3nccc(-c4ccc(CN5CCOCC5)c(C#N)c4)c3o2)cc1. The second-order valence-corrected chi connectivity index (χ2v) is 8.83. The zero-order chi connectivity index (χ0) is 24.4. The van der Waals surface area contributed by atoms with Gasteiger partial charge in [0.25, 0.3) is 5.91 Å². The third kappa shape index (κ3) is 4.67. The van der Waals surface area contributed by atoms with Crippen LogP contribution in [0.5, 0.6) is 0 Å². The maximum Gasteiger partial charge on any atom is 0.253 e. The lowest BCUT2D eigenvalue weighted by Gasteiger charge is -2.27. The minimum absolute atomic E-state index is 0.0459. The van der Waals surface area contributed by atoms with Gasteiger partial charge in [0.2, 0.25) is 0 Å². The summed E-state index contributed by atoms with van der Waals surface area (Å²) in [5, 5.41) is 9.82. The van der Waals surface area contributed by atoms with Crippen LogP contribution in [0.15, 0.2) is 65.2 Å². The zero-order valence-corrected chi connectivity index (χ0v) is 19.8. The van der Waals surface area contributed by atoms with Crippen LogP contribution >= 0.6 is 0 Å². The number of amides is 1. The van der Waals surface area contributed by atoms with E-state index in [0.717, 1.165) is 60.6 Å². The van der Waals surface area contributed by atoms with Crippen LogP contribution in [-0.2, 0) is 11.3 Å². The summed E-state index contributed by atoms with van der Waals surface area (Å²) in [6.45, 7) is 3.93. The molecule has 0 spiro atoms.